The van der Waals surface area contributed by atoms with E-state index in [0.29, 0.717) is 38.2 Å². The fraction of sp³-hybridized carbons (Fsp3) is 0.469. The number of nitrogens with zero attached hydrogens (tertiary/aromatic N) is 4. The Morgan fingerprint density at radius 3 is 2.86 bits per heavy atom. The van der Waals surface area contributed by atoms with Gasteiger partial charge >= 0.3 is 0 Å². The Kier molecular flexibility index (Phi) is 10.0. The van der Waals surface area contributed by atoms with Gasteiger partial charge in [-0.1, -0.05) is 43.2 Å². The van der Waals surface area contributed by atoms with E-state index >= 15 is 0 Å². The topological polar surface area (TPSA) is 102 Å². The van der Waals surface area contributed by atoms with Gasteiger partial charge in [-0.3, -0.25) is 4.79 Å². The van der Waals surface area contributed by atoms with E-state index in [4.69, 9.17) is 14.5 Å². The number of fused-ring (bicyclic) bond motifs is 1. The number of thiazole rings is 1. The summed E-state index contributed by atoms with van der Waals surface area (Å²) in [4.78, 5) is 25.5. The van der Waals surface area contributed by atoms with Crippen LogP contribution in [0.1, 0.15) is 53.6 Å². The molecule has 1 amide bonds. The number of aromatic nitrogens is 3. The maximum absolute atomic E-state index is 14.3. The van der Waals surface area contributed by atoms with Gasteiger partial charge in [0.1, 0.15) is 11.4 Å². The van der Waals surface area contributed by atoms with E-state index in [9.17, 15) is 9.90 Å². The maximum Gasteiger partial charge on any atom is 0.275 e. The Labute approximate surface area is 262 Å². The fourth-order valence-electron chi connectivity index (χ4n) is 6.50. The zero-order chi connectivity index (χ0) is 29.1. The summed E-state index contributed by atoms with van der Waals surface area (Å²) in [5.41, 5.74) is 2.01. The number of aliphatic hydroxyl groups is 1. The van der Waals surface area contributed by atoms with Crippen molar-refractivity contribution in [3.63, 3.8) is 0 Å². The third-order valence-electron chi connectivity index (χ3n) is 8.53. The lowest BCUT2D eigenvalue weighted by atomic mass is 9.80. The number of ether oxygens (including phenoxy) is 2. The van der Waals surface area contributed by atoms with E-state index in [0.717, 1.165) is 58.0 Å². The molecule has 11 heteroatoms. The van der Waals surface area contributed by atoms with Gasteiger partial charge in [-0.15, -0.1) is 23.7 Å². The van der Waals surface area contributed by atoms with Crippen LogP contribution in [0, 0.1) is 6.92 Å². The molecule has 3 heterocycles. The monoisotopic (exact) mass is 625 g/mol. The molecule has 1 saturated carbocycles. The van der Waals surface area contributed by atoms with Gasteiger partial charge in [-0.05, 0) is 31.9 Å². The predicted molar refractivity (Wildman–Crippen MR) is 171 cm³/mol. The molecule has 230 valence electrons. The van der Waals surface area contributed by atoms with Crippen molar-refractivity contribution >= 4 is 39.9 Å². The third-order valence-corrected chi connectivity index (χ3v) is 9.48. The second kappa shape index (κ2) is 13.7. The molecule has 1 aliphatic heterocycles. The molecule has 43 heavy (non-hydrogen) atoms. The van der Waals surface area contributed by atoms with Crippen LogP contribution < -0.4 is 10.1 Å². The molecular weight excluding hydrogens is 586 g/mol. The molecule has 2 fully saturated rings. The molecule has 2 aliphatic rings. The molecule has 0 bridgehead atoms. The SMILES string of the molecule is COC[C@]1(O)CCCC[C@H]1n1cnc(C(=O)N2CCNC[C@H]2CCOc2ccc3sc(C)nc3c2)c1-c1ccccc1.Cl. The number of methoxy groups -OCH3 is 1. The van der Waals surface area contributed by atoms with Gasteiger partial charge in [0, 0.05) is 50.8 Å². The molecule has 3 atom stereocenters. The van der Waals surface area contributed by atoms with Crippen molar-refractivity contribution in [3.05, 3.63) is 65.6 Å². The number of hydrogen-bond acceptors (Lipinski definition) is 8. The number of amides is 1. The molecule has 9 nitrogen and oxygen atoms in total. The Bertz CT molecular complexity index is 1520. The molecule has 2 aromatic carbocycles. The van der Waals surface area contributed by atoms with E-state index < -0.39 is 5.60 Å². The molecule has 2 N–H and O–H groups in total. The van der Waals surface area contributed by atoms with E-state index in [2.05, 4.69) is 16.4 Å². The summed E-state index contributed by atoms with van der Waals surface area (Å²) in [6, 6.07) is 15.7. The Morgan fingerprint density at radius 2 is 2.05 bits per heavy atom. The van der Waals surface area contributed by atoms with Crippen molar-refractivity contribution in [2.45, 2.75) is 56.7 Å². The van der Waals surface area contributed by atoms with E-state index in [1.54, 1.807) is 24.8 Å². The minimum atomic E-state index is -1.02. The molecule has 0 spiro atoms. The molecule has 4 aromatic rings. The minimum Gasteiger partial charge on any atom is -0.493 e. The molecule has 0 radical (unpaired) electrons. The van der Waals surface area contributed by atoms with Crippen LogP contribution >= 0.6 is 23.7 Å². The molecule has 1 saturated heterocycles. The fourth-order valence-corrected chi connectivity index (χ4v) is 7.31. The lowest BCUT2D eigenvalue weighted by Gasteiger charge is -2.41. The zero-order valence-corrected chi connectivity index (χ0v) is 26.3. The van der Waals surface area contributed by atoms with Crippen molar-refractivity contribution in [3.8, 4) is 17.0 Å². The lowest BCUT2D eigenvalue weighted by molar-refractivity contribution is -0.0893. The second-order valence-electron chi connectivity index (χ2n) is 11.4. The van der Waals surface area contributed by atoms with Gasteiger partial charge in [0.2, 0.25) is 0 Å². The first-order chi connectivity index (χ1) is 20.5. The minimum absolute atomic E-state index is 0. The summed E-state index contributed by atoms with van der Waals surface area (Å²) in [7, 11) is 1.62. The molecule has 2 aromatic heterocycles. The van der Waals surface area contributed by atoms with Crippen molar-refractivity contribution < 1.29 is 19.4 Å². The highest BCUT2D eigenvalue weighted by atomic mass is 35.5. The molecular formula is C32H40ClN5O4S. The van der Waals surface area contributed by atoms with E-state index in [1.165, 1.54) is 0 Å². The number of carbonyl (C=O) groups is 1. The first kappa shape index (κ1) is 31.4. The second-order valence-corrected chi connectivity index (χ2v) is 12.6. The molecule has 0 unspecified atom stereocenters. The first-order valence-corrected chi connectivity index (χ1v) is 15.6. The van der Waals surface area contributed by atoms with Gasteiger partial charge < -0.3 is 29.4 Å². The Hall–Kier alpha value is -3.02. The number of hydrogen-bond donors (Lipinski definition) is 2. The summed E-state index contributed by atoms with van der Waals surface area (Å²) in [5, 5.41) is 16.1. The maximum atomic E-state index is 14.3. The van der Waals surface area contributed by atoms with Crippen LogP contribution in [-0.2, 0) is 4.74 Å². The number of rotatable bonds is 9. The normalized spacial score (nSPS) is 22.3. The Balaban J connectivity index is 0.00000368. The predicted octanol–water partition coefficient (Wildman–Crippen LogP) is 5.27. The molecule has 6 rings (SSSR count). The van der Waals surface area contributed by atoms with Crippen molar-refractivity contribution in [1.82, 2.24) is 24.8 Å². The van der Waals surface area contributed by atoms with E-state index in [-0.39, 0.29) is 37.0 Å². The highest BCUT2D eigenvalue weighted by Crippen LogP contribution is 2.41. The highest BCUT2D eigenvalue weighted by molar-refractivity contribution is 7.18. The van der Waals surface area contributed by atoms with Crippen LogP contribution in [0.3, 0.4) is 0 Å². The molecule has 1 aliphatic carbocycles. The van der Waals surface area contributed by atoms with Gasteiger partial charge in [-0.25, -0.2) is 9.97 Å². The summed E-state index contributed by atoms with van der Waals surface area (Å²) in [6.07, 6.45) is 5.81. The number of halogens is 1. The lowest BCUT2D eigenvalue weighted by Crippen LogP contribution is -2.54. The largest absolute Gasteiger partial charge is 0.493 e. The van der Waals surface area contributed by atoms with Crippen LogP contribution in [0.5, 0.6) is 5.75 Å². The van der Waals surface area contributed by atoms with Crippen LogP contribution in [0.2, 0.25) is 0 Å². The quantitative estimate of drug-likeness (QED) is 0.261. The average molecular weight is 626 g/mol. The summed E-state index contributed by atoms with van der Waals surface area (Å²) >= 11 is 1.67. The number of aryl methyl sites for hydroxylation is 1. The van der Waals surface area contributed by atoms with Gasteiger partial charge in [0.15, 0.2) is 5.69 Å². The van der Waals surface area contributed by atoms with Gasteiger partial charge in [0.05, 0.1) is 46.5 Å². The van der Waals surface area contributed by atoms with Gasteiger partial charge in [0.25, 0.3) is 5.91 Å². The number of nitrogens with one attached hydrogen (secondary N) is 1. The van der Waals surface area contributed by atoms with Crippen molar-refractivity contribution in [2.75, 3.05) is 40.0 Å². The standard InChI is InChI=1S/C32H39N5O4S.ClH/c1-22-35-26-18-25(11-12-27(26)42-22)41-17-13-24-19-33-15-16-36(24)31(38)29-30(23-8-4-3-5-9-23)37(21-34-29)28-10-6-7-14-32(28,39)20-40-2;/h3-5,8-9,11-12,18,21,24,28,33,39H,6-7,10,13-17,19-20H2,1-2H3;1H/t24-,28-,32-;/m1./s1. The Morgan fingerprint density at radius 1 is 1.21 bits per heavy atom. The number of carbonyl (C=O) groups excluding carboxylic acids is 1. The van der Waals surface area contributed by atoms with Gasteiger partial charge in [-0.2, -0.15) is 0 Å². The summed E-state index contributed by atoms with van der Waals surface area (Å²) in [5.74, 6) is 0.695. The van der Waals surface area contributed by atoms with Crippen LogP contribution in [0.25, 0.3) is 21.5 Å². The summed E-state index contributed by atoms with van der Waals surface area (Å²) < 4.78 is 14.8. The van der Waals surface area contributed by atoms with Crippen molar-refractivity contribution in [1.29, 1.82) is 0 Å². The van der Waals surface area contributed by atoms with Crippen LogP contribution in [0.15, 0.2) is 54.9 Å². The highest BCUT2D eigenvalue weighted by Gasteiger charge is 2.42. The number of imidazole rings is 1. The van der Waals surface area contributed by atoms with Crippen molar-refractivity contribution in [2.24, 2.45) is 0 Å². The average Bonchev–Trinajstić information content (AvgIpc) is 3.60. The van der Waals surface area contributed by atoms with E-state index in [1.807, 2.05) is 58.9 Å². The number of benzene rings is 2. The third kappa shape index (κ3) is 6.58. The smallest absolute Gasteiger partial charge is 0.275 e. The van der Waals surface area contributed by atoms with Crippen LogP contribution in [-0.4, -0.2) is 82.0 Å². The first-order valence-electron chi connectivity index (χ1n) is 14.8. The summed E-state index contributed by atoms with van der Waals surface area (Å²) in [6.45, 7) is 4.73. The number of piperazine rings is 1. The van der Waals surface area contributed by atoms with Crippen LogP contribution in [0.4, 0.5) is 0 Å². The zero-order valence-electron chi connectivity index (χ0n) is 24.7.